The first-order chi connectivity index (χ1) is 6.31. The molecule has 0 aromatic heterocycles. The van der Waals surface area contributed by atoms with E-state index in [1.165, 1.54) is 0 Å². The number of hydrogen-bond acceptors (Lipinski definition) is 3. The number of halogens is 1. The zero-order chi connectivity index (χ0) is 9.26. The maximum atomic E-state index is 5.44. The monoisotopic (exact) mass is 242 g/mol. The first-order valence-corrected chi connectivity index (χ1v) is 5.12. The normalized spacial score (nSPS) is 20.8. The van der Waals surface area contributed by atoms with Crippen molar-refractivity contribution in [2.24, 2.45) is 4.99 Å². The second kappa shape index (κ2) is 3.64. The molecule has 2 aliphatic rings. The molecule has 4 heteroatoms. The summed E-state index contributed by atoms with van der Waals surface area (Å²) in [5.74, 6) is 0. The first kappa shape index (κ1) is 8.97. The first-order valence-electron chi connectivity index (χ1n) is 4.33. The smallest absolute Gasteiger partial charge is 0.0881 e. The van der Waals surface area contributed by atoms with Gasteiger partial charge in [-0.1, -0.05) is 15.9 Å². The second-order valence-corrected chi connectivity index (χ2v) is 3.89. The van der Waals surface area contributed by atoms with E-state index < -0.39 is 0 Å². The van der Waals surface area contributed by atoms with Crippen molar-refractivity contribution >= 4 is 21.6 Å². The van der Waals surface area contributed by atoms with Crippen LogP contribution in [0.2, 0.25) is 0 Å². The van der Waals surface area contributed by atoms with E-state index in [0.717, 1.165) is 28.9 Å². The number of nitrogens with zero attached hydrogens (tertiary/aromatic N) is 2. The van der Waals surface area contributed by atoms with E-state index in [4.69, 9.17) is 4.84 Å². The Morgan fingerprint density at radius 3 is 3.31 bits per heavy atom. The summed E-state index contributed by atoms with van der Waals surface area (Å²) in [6.07, 6.45) is 4.93. The van der Waals surface area contributed by atoms with E-state index in [-0.39, 0.29) is 0 Å². The second-order valence-electron chi connectivity index (χ2n) is 2.87. The Labute approximate surface area is 85.9 Å². The molecule has 0 saturated carbocycles. The number of rotatable bonds is 2. The van der Waals surface area contributed by atoms with E-state index >= 15 is 0 Å². The van der Waals surface area contributed by atoms with Gasteiger partial charge in [-0.3, -0.25) is 9.83 Å². The van der Waals surface area contributed by atoms with Crippen LogP contribution >= 0.6 is 15.9 Å². The molecule has 70 valence electrons. The van der Waals surface area contributed by atoms with Gasteiger partial charge in [0.05, 0.1) is 24.6 Å². The lowest BCUT2D eigenvalue weighted by Gasteiger charge is -2.25. The van der Waals surface area contributed by atoms with Crippen molar-refractivity contribution in [3.05, 3.63) is 22.5 Å². The van der Waals surface area contributed by atoms with Gasteiger partial charge in [0.15, 0.2) is 0 Å². The van der Waals surface area contributed by atoms with E-state index in [9.17, 15) is 0 Å². The molecule has 0 aromatic rings. The van der Waals surface area contributed by atoms with Crippen molar-refractivity contribution < 1.29 is 4.84 Å². The molecule has 0 unspecified atom stereocenters. The number of fused-ring (bicyclic) bond motifs is 1. The van der Waals surface area contributed by atoms with Gasteiger partial charge < -0.3 is 0 Å². The molecule has 0 aromatic carbocycles. The van der Waals surface area contributed by atoms with Crippen molar-refractivity contribution in [3.63, 3.8) is 0 Å². The molecule has 13 heavy (non-hydrogen) atoms. The fraction of sp³-hybridized carbons (Fsp3) is 0.444. The Bertz CT molecular complexity index is 307. The van der Waals surface area contributed by atoms with Crippen LogP contribution in [0, 0.1) is 0 Å². The summed E-state index contributed by atoms with van der Waals surface area (Å²) >= 11 is 3.47. The Hall–Kier alpha value is -0.610. The molecule has 0 aliphatic carbocycles. The molecule has 0 fully saturated rings. The lowest BCUT2D eigenvalue weighted by Crippen LogP contribution is -2.25. The summed E-state index contributed by atoms with van der Waals surface area (Å²) in [6, 6.07) is 0. The fourth-order valence-electron chi connectivity index (χ4n) is 1.45. The fourth-order valence-corrected chi connectivity index (χ4v) is 1.90. The van der Waals surface area contributed by atoms with Crippen molar-refractivity contribution in [2.45, 2.75) is 13.3 Å². The van der Waals surface area contributed by atoms with Crippen molar-refractivity contribution in [1.82, 2.24) is 5.06 Å². The molecule has 0 saturated heterocycles. The Morgan fingerprint density at radius 2 is 2.54 bits per heavy atom. The minimum Gasteiger partial charge on any atom is -0.283 e. The van der Waals surface area contributed by atoms with Gasteiger partial charge in [0, 0.05) is 17.1 Å². The molecule has 2 aliphatic heterocycles. The highest BCUT2D eigenvalue weighted by atomic mass is 79.9. The third-order valence-corrected chi connectivity index (χ3v) is 2.45. The minimum atomic E-state index is 0.668. The molecule has 0 atom stereocenters. The predicted molar refractivity (Wildman–Crippen MR) is 55.5 cm³/mol. The van der Waals surface area contributed by atoms with Crippen molar-refractivity contribution in [2.75, 3.05) is 13.2 Å². The van der Waals surface area contributed by atoms with Crippen LogP contribution in [0.4, 0.5) is 0 Å². The van der Waals surface area contributed by atoms with E-state index in [0.29, 0.717) is 6.61 Å². The topological polar surface area (TPSA) is 24.8 Å². The molecule has 0 bridgehead atoms. The standard InChI is InChI=1S/C9H11BrN2O/c1-2-13-12-6-7(10)5-8-9(12)3-4-11-8/h3,6H,2,4-5H2,1H3. The van der Waals surface area contributed by atoms with Gasteiger partial charge >= 0.3 is 0 Å². The summed E-state index contributed by atoms with van der Waals surface area (Å²) in [5, 5.41) is 1.79. The average molecular weight is 243 g/mol. The van der Waals surface area contributed by atoms with Gasteiger partial charge in [-0.15, -0.1) is 0 Å². The molecule has 3 nitrogen and oxygen atoms in total. The lowest BCUT2D eigenvalue weighted by molar-refractivity contribution is -0.0820. The molecular formula is C9H11BrN2O. The predicted octanol–water partition coefficient (Wildman–Crippen LogP) is 2.22. The summed E-state index contributed by atoms with van der Waals surface area (Å²) in [7, 11) is 0. The Balaban J connectivity index is 2.24. The van der Waals surface area contributed by atoms with Gasteiger partial charge in [-0.2, -0.15) is 0 Å². The molecule has 2 heterocycles. The maximum absolute atomic E-state index is 5.44. The number of hydroxylamine groups is 2. The Morgan fingerprint density at radius 1 is 1.69 bits per heavy atom. The number of allylic oxidation sites excluding steroid dienone is 2. The SMILES string of the molecule is CCON1C=C(Br)CC2=NCC=C21. The molecule has 0 spiro atoms. The van der Waals surface area contributed by atoms with Gasteiger partial charge in [0.1, 0.15) is 0 Å². The zero-order valence-electron chi connectivity index (χ0n) is 7.46. The van der Waals surface area contributed by atoms with Crippen LogP contribution in [-0.2, 0) is 4.84 Å². The summed E-state index contributed by atoms with van der Waals surface area (Å²) in [6.45, 7) is 3.42. The highest BCUT2D eigenvalue weighted by molar-refractivity contribution is 9.11. The van der Waals surface area contributed by atoms with Gasteiger partial charge in [0.25, 0.3) is 0 Å². The van der Waals surface area contributed by atoms with Gasteiger partial charge in [-0.05, 0) is 13.0 Å². The van der Waals surface area contributed by atoms with Crippen molar-refractivity contribution in [3.8, 4) is 0 Å². The number of hydrogen-bond donors (Lipinski definition) is 0. The molecular weight excluding hydrogens is 232 g/mol. The van der Waals surface area contributed by atoms with Crippen LogP contribution in [0.15, 0.2) is 27.4 Å². The van der Waals surface area contributed by atoms with Crippen molar-refractivity contribution in [1.29, 1.82) is 0 Å². The van der Waals surface area contributed by atoms with Crippen LogP contribution in [0.25, 0.3) is 0 Å². The minimum absolute atomic E-state index is 0.668. The Kier molecular flexibility index (Phi) is 2.51. The number of aliphatic imine (C=N–C) groups is 1. The summed E-state index contributed by atoms with van der Waals surface area (Å²) < 4.78 is 1.11. The van der Waals surface area contributed by atoms with Crippen LogP contribution in [0.1, 0.15) is 13.3 Å². The maximum Gasteiger partial charge on any atom is 0.0881 e. The third kappa shape index (κ3) is 1.69. The van der Waals surface area contributed by atoms with Crippen LogP contribution in [0.3, 0.4) is 0 Å². The average Bonchev–Trinajstić information content (AvgIpc) is 2.52. The molecule has 2 rings (SSSR count). The van der Waals surface area contributed by atoms with E-state index in [2.05, 4.69) is 27.0 Å². The zero-order valence-corrected chi connectivity index (χ0v) is 9.04. The van der Waals surface area contributed by atoms with Crippen LogP contribution in [-0.4, -0.2) is 23.9 Å². The molecule has 0 N–H and O–H groups in total. The van der Waals surface area contributed by atoms with Crippen LogP contribution in [0.5, 0.6) is 0 Å². The third-order valence-electron chi connectivity index (χ3n) is 1.96. The quantitative estimate of drug-likeness (QED) is 0.742. The van der Waals surface area contributed by atoms with Crippen LogP contribution < -0.4 is 0 Å². The highest BCUT2D eigenvalue weighted by Gasteiger charge is 2.23. The summed E-state index contributed by atoms with van der Waals surface area (Å²) in [5.41, 5.74) is 2.22. The molecule has 0 radical (unpaired) electrons. The summed E-state index contributed by atoms with van der Waals surface area (Å²) in [4.78, 5) is 9.82. The molecule has 0 amide bonds. The highest BCUT2D eigenvalue weighted by Crippen LogP contribution is 2.27. The largest absolute Gasteiger partial charge is 0.283 e. The van der Waals surface area contributed by atoms with Gasteiger partial charge in [0.2, 0.25) is 0 Å². The van der Waals surface area contributed by atoms with E-state index in [1.54, 1.807) is 5.06 Å². The lowest BCUT2D eigenvalue weighted by atomic mass is 10.1. The van der Waals surface area contributed by atoms with Gasteiger partial charge in [-0.25, -0.2) is 5.06 Å². The van der Waals surface area contributed by atoms with E-state index in [1.807, 2.05) is 13.1 Å².